The third-order valence-corrected chi connectivity index (χ3v) is 4.64. The van der Waals surface area contributed by atoms with Crippen molar-refractivity contribution >= 4 is 11.9 Å². The fourth-order valence-electron chi connectivity index (χ4n) is 3.55. The molecule has 4 heteroatoms. The van der Waals surface area contributed by atoms with Crippen molar-refractivity contribution in [3.63, 3.8) is 0 Å². The first kappa shape index (κ1) is 14.4. The minimum atomic E-state index is -0.727. The minimum Gasteiger partial charge on any atom is -0.481 e. The maximum atomic E-state index is 12.0. The van der Waals surface area contributed by atoms with Crippen molar-refractivity contribution < 1.29 is 14.7 Å². The molecule has 0 aromatic heterocycles. The Hall–Kier alpha value is -1.06. The van der Waals surface area contributed by atoms with Gasteiger partial charge in [0.1, 0.15) is 0 Å². The Morgan fingerprint density at radius 3 is 2.26 bits per heavy atom. The zero-order chi connectivity index (χ0) is 13.7. The Labute approximate surface area is 115 Å². The molecule has 2 rings (SSSR count). The van der Waals surface area contributed by atoms with E-state index in [1.165, 1.54) is 19.3 Å². The smallest absolute Gasteiger partial charge is 0.306 e. The number of carboxylic acid groups (broad SMARTS) is 1. The van der Waals surface area contributed by atoms with Gasteiger partial charge in [-0.15, -0.1) is 0 Å². The number of carbonyl (C=O) groups excluding carboxylic acids is 1. The molecule has 2 N–H and O–H groups in total. The number of hydrogen-bond acceptors (Lipinski definition) is 2. The Morgan fingerprint density at radius 2 is 1.58 bits per heavy atom. The van der Waals surface area contributed by atoms with E-state index >= 15 is 0 Å². The molecule has 0 spiro atoms. The van der Waals surface area contributed by atoms with Gasteiger partial charge in [-0.05, 0) is 31.6 Å². The van der Waals surface area contributed by atoms with Crippen LogP contribution >= 0.6 is 0 Å². The van der Waals surface area contributed by atoms with Crippen LogP contribution in [-0.4, -0.2) is 23.0 Å². The molecule has 2 fully saturated rings. The first-order valence-corrected chi connectivity index (χ1v) is 7.69. The van der Waals surface area contributed by atoms with E-state index in [0.29, 0.717) is 12.5 Å². The topological polar surface area (TPSA) is 66.4 Å². The van der Waals surface area contributed by atoms with Crippen molar-refractivity contribution in [2.75, 3.05) is 0 Å². The lowest BCUT2D eigenvalue weighted by molar-refractivity contribution is -0.145. The first-order valence-electron chi connectivity index (χ1n) is 7.69. The van der Waals surface area contributed by atoms with Gasteiger partial charge in [-0.3, -0.25) is 9.59 Å². The minimum absolute atomic E-state index is 0.0369. The summed E-state index contributed by atoms with van der Waals surface area (Å²) in [6.45, 7) is 0. The third kappa shape index (κ3) is 4.22. The summed E-state index contributed by atoms with van der Waals surface area (Å²) in [4.78, 5) is 23.2. The van der Waals surface area contributed by atoms with Gasteiger partial charge in [-0.25, -0.2) is 0 Å². The number of rotatable bonds is 4. The summed E-state index contributed by atoms with van der Waals surface area (Å²) in [6.07, 6.45) is 9.90. The quantitative estimate of drug-likeness (QED) is 0.823. The second-order valence-corrected chi connectivity index (χ2v) is 6.10. The maximum absolute atomic E-state index is 12.0. The monoisotopic (exact) mass is 267 g/mol. The van der Waals surface area contributed by atoms with E-state index in [-0.39, 0.29) is 17.7 Å². The highest BCUT2D eigenvalue weighted by Gasteiger charge is 2.32. The van der Waals surface area contributed by atoms with E-state index in [4.69, 9.17) is 0 Å². The number of hydrogen-bond donors (Lipinski definition) is 2. The molecule has 0 radical (unpaired) electrons. The van der Waals surface area contributed by atoms with Crippen LogP contribution < -0.4 is 5.32 Å². The molecule has 2 saturated carbocycles. The van der Waals surface area contributed by atoms with Crippen LogP contribution in [0.25, 0.3) is 0 Å². The van der Waals surface area contributed by atoms with Crippen LogP contribution in [0, 0.1) is 11.8 Å². The van der Waals surface area contributed by atoms with E-state index in [1.807, 2.05) is 0 Å². The lowest BCUT2D eigenvalue weighted by Crippen LogP contribution is -2.39. The van der Waals surface area contributed by atoms with Crippen LogP contribution in [0.3, 0.4) is 0 Å². The lowest BCUT2D eigenvalue weighted by atomic mass is 9.77. The van der Waals surface area contributed by atoms with Crippen molar-refractivity contribution in [2.45, 2.75) is 70.3 Å². The third-order valence-electron chi connectivity index (χ3n) is 4.64. The zero-order valence-electron chi connectivity index (χ0n) is 11.6. The normalized spacial score (nSPS) is 28.8. The Morgan fingerprint density at radius 1 is 0.947 bits per heavy atom. The predicted molar refractivity (Wildman–Crippen MR) is 72.7 cm³/mol. The highest BCUT2D eigenvalue weighted by Crippen LogP contribution is 2.32. The molecule has 0 saturated heterocycles. The molecule has 0 aromatic rings. The van der Waals surface area contributed by atoms with Crippen LogP contribution in [0.5, 0.6) is 0 Å². The Balaban J connectivity index is 1.80. The molecule has 2 atom stereocenters. The van der Waals surface area contributed by atoms with Crippen molar-refractivity contribution in [1.82, 2.24) is 5.32 Å². The van der Waals surface area contributed by atoms with E-state index in [9.17, 15) is 14.7 Å². The molecule has 19 heavy (non-hydrogen) atoms. The predicted octanol–water partition coefficient (Wildman–Crippen LogP) is 2.72. The molecule has 108 valence electrons. The molecule has 2 aliphatic rings. The summed E-state index contributed by atoms with van der Waals surface area (Å²) >= 11 is 0. The van der Waals surface area contributed by atoms with E-state index in [2.05, 4.69) is 5.32 Å². The first-order chi connectivity index (χ1) is 9.16. The fourth-order valence-corrected chi connectivity index (χ4v) is 3.55. The molecule has 2 aliphatic carbocycles. The number of carbonyl (C=O) groups is 2. The Kier molecular flexibility index (Phi) is 5.23. The maximum Gasteiger partial charge on any atom is 0.306 e. The molecular weight excluding hydrogens is 242 g/mol. The van der Waals surface area contributed by atoms with Gasteiger partial charge in [0.05, 0.1) is 5.92 Å². The lowest BCUT2D eigenvalue weighted by Gasteiger charge is -2.29. The van der Waals surface area contributed by atoms with Gasteiger partial charge >= 0.3 is 5.97 Å². The molecule has 0 bridgehead atoms. The van der Waals surface area contributed by atoms with E-state index < -0.39 is 5.97 Å². The molecule has 0 aromatic carbocycles. The largest absolute Gasteiger partial charge is 0.481 e. The average molecular weight is 267 g/mol. The molecule has 1 amide bonds. The highest BCUT2D eigenvalue weighted by molar-refractivity contribution is 5.78. The average Bonchev–Trinajstić information content (AvgIpc) is 2.40. The van der Waals surface area contributed by atoms with Gasteiger partial charge in [0.25, 0.3) is 0 Å². The summed E-state index contributed by atoms with van der Waals surface area (Å²) in [5.41, 5.74) is 0. The second kappa shape index (κ2) is 6.92. The van der Waals surface area contributed by atoms with Gasteiger partial charge in [0, 0.05) is 12.5 Å². The molecule has 2 unspecified atom stereocenters. The zero-order valence-corrected chi connectivity index (χ0v) is 11.6. The van der Waals surface area contributed by atoms with E-state index in [0.717, 1.165) is 38.5 Å². The SMILES string of the molecule is O=C(CC1CCCCC1C(=O)O)NC1CCCCC1. The van der Waals surface area contributed by atoms with Crippen LogP contribution in [-0.2, 0) is 9.59 Å². The van der Waals surface area contributed by atoms with Crippen LogP contribution in [0.2, 0.25) is 0 Å². The van der Waals surface area contributed by atoms with Crippen molar-refractivity contribution in [3.8, 4) is 0 Å². The number of nitrogens with one attached hydrogen (secondary N) is 1. The summed E-state index contributed by atoms with van der Waals surface area (Å²) < 4.78 is 0. The van der Waals surface area contributed by atoms with Crippen LogP contribution in [0.1, 0.15) is 64.2 Å². The molecule has 0 aliphatic heterocycles. The standard InChI is InChI=1S/C15H25NO3/c17-14(16-12-7-2-1-3-8-12)10-11-6-4-5-9-13(11)15(18)19/h11-13H,1-10H2,(H,16,17)(H,18,19). The summed E-state index contributed by atoms with van der Waals surface area (Å²) in [5, 5.41) is 12.3. The van der Waals surface area contributed by atoms with E-state index in [1.54, 1.807) is 0 Å². The summed E-state index contributed by atoms with van der Waals surface area (Å²) in [6, 6.07) is 0.327. The van der Waals surface area contributed by atoms with Crippen molar-refractivity contribution in [2.24, 2.45) is 11.8 Å². The second-order valence-electron chi connectivity index (χ2n) is 6.10. The number of aliphatic carboxylic acids is 1. The molecule has 0 heterocycles. The number of amides is 1. The van der Waals surface area contributed by atoms with Crippen LogP contribution in [0.4, 0.5) is 0 Å². The van der Waals surface area contributed by atoms with Gasteiger partial charge in [-0.1, -0.05) is 32.1 Å². The fraction of sp³-hybridized carbons (Fsp3) is 0.867. The van der Waals surface area contributed by atoms with Gasteiger partial charge in [0.2, 0.25) is 5.91 Å². The molecule has 4 nitrogen and oxygen atoms in total. The summed E-state index contributed by atoms with van der Waals surface area (Å²) in [5.74, 6) is -0.944. The van der Waals surface area contributed by atoms with Gasteiger partial charge in [0.15, 0.2) is 0 Å². The van der Waals surface area contributed by atoms with Crippen molar-refractivity contribution in [1.29, 1.82) is 0 Å². The Bertz CT molecular complexity index is 323. The van der Waals surface area contributed by atoms with Crippen LogP contribution in [0.15, 0.2) is 0 Å². The summed E-state index contributed by atoms with van der Waals surface area (Å²) in [7, 11) is 0. The van der Waals surface area contributed by atoms with Gasteiger partial charge < -0.3 is 10.4 Å². The number of carboxylic acids is 1. The highest BCUT2D eigenvalue weighted by atomic mass is 16.4. The molecular formula is C15H25NO3. The van der Waals surface area contributed by atoms with Gasteiger partial charge in [-0.2, -0.15) is 0 Å². The van der Waals surface area contributed by atoms with Crippen molar-refractivity contribution in [3.05, 3.63) is 0 Å².